The SMILES string of the molecule is CN1CCN(CCCNS(=O)(=O)CCCl)CC1. The second-order valence-electron chi connectivity index (χ2n) is 4.40. The number of sulfonamides is 1. The smallest absolute Gasteiger partial charge is 0.212 e. The average Bonchev–Trinajstić information content (AvgIpc) is 2.27. The first-order valence-electron chi connectivity index (χ1n) is 5.98. The summed E-state index contributed by atoms with van der Waals surface area (Å²) in [5.74, 6) is 0.150. The van der Waals surface area contributed by atoms with E-state index in [2.05, 4.69) is 21.6 Å². The van der Waals surface area contributed by atoms with Crippen LogP contribution in [0.1, 0.15) is 6.42 Å². The molecule has 1 rings (SSSR count). The van der Waals surface area contributed by atoms with Crippen LogP contribution in [0.2, 0.25) is 0 Å². The quantitative estimate of drug-likeness (QED) is 0.519. The molecular weight excluding hydrogens is 262 g/mol. The third-order valence-corrected chi connectivity index (χ3v) is 4.71. The van der Waals surface area contributed by atoms with Crippen molar-refractivity contribution < 1.29 is 8.42 Å². The highest BCUT2D eigenvalue weighted by molar-refractivity contribution is 7.89. The first-order chi connectivity index (χ1) is 8.03. The zero-order valence-corrected chi connectivity index (χ0v) is 11.9. The lowest BCUT2D eigenvalue weighted by atomic mass is 10.3. The Morgan fingerprint density at radius 3 is 2.47 bits per heavy atom. The average molecular weight is 284 g/mol. The molecular formula is C10H22ClN3O2S. The van der Waals surface area contributed by atoms with Gasteiger partial charge in [0.1, 0.15) is 0 Å². The number of piperazine rings is 1. The molecule has 5 nitrogen and oxygen atoms in total. The monoisotopic (exact) mass is 283 g/mol. The second-order valence-corrected chi connectivity index (χ2v) is 6.71. The summed E-state index contributed by atoms with van der Waals surface area (Å²) in [6.07, 6.45) is 0.852. The number of likely N-dealkylation sites (N-methyl/N-ethyl adjacent to an activating group) is 1. The molecule has 1 aliphatic rings. The molecule has 0 radical (unpaired) electrons. The van der Waals surface area contributed by atoms with Crippen molar-refractivity contribution in [2.45, 2.75) is 6.42 Å². The summed E-state index contributed by atoms with van der Waals surface area (Å²) in [4.78, 5) is 4.68. The molecule has 1 heterocycles. The summed E-state index contributed by atoms with van der Waals surface area (Å²) < 4.78 is 25.2. The molecule has 0 aromatic carbocycles. The minimum atomic E-state index is -3.15. The Hall–Kier alpha value is 0.120. The lowest BCUT2D eigenvalue weighted by Crippen LogP contribution is -2.45. The topological polar surface area (TPSA) is 52.6 Å². The molecule has 0 unspecified atom stereocenters. The molecule has 1 fully saturated rings. The van der Waals surface area contributed by atoms with Crippen molar-refractivity contribution in [3.05, 3.63) is 0 Å². The molecule has 0 bridgehead atoms. The Bertz CT molecular complexity index is 303. The fraction of sp³-hybridized carbons (Fsp3) is 1.00. The van der Waals surface area contributed by atoms with E-state index in [1.165, 1.54) is 0 Å². The van der Waals surface area contributed by atoms with Gasteiger partial charge >= 0.3 is 0 Å². The van der Waals surface area contributed by atoms with E-state index in [9.17, 15) is 8.42 Å². The van der Waals surface area contributed by atoms with Gasteiger partial charge in [0.2, 0.25) is 10.0 Å². The van der Waals surface area contributed by atoms with E-state index in [-0.39, 0.29) is 11.6 Å². The van der Waals surface area contributed by atoms with Gasteiger partial charge in [-0.3, -0.25) is 0 Å². The molecule has 1 aliphatic heterocycles. The summed E-state index contributed by atoms with van der Waals surface area (Å²) in [5.41, 5.74) is 0. The fourth-order valence-electron chi connectivity index (χ4n) is 1.78. The number of nitrogens with zero attached hydrogens (tertiary/aromatic N) is 2. The van der Waals surface area contributed by atoms with E-state index in [0.717, 1.165) is 39.1 Å². The maximum atomic E-state index is 11.3. The van der Waals surface area contributed by atoms with Gasteiger partial charge in [0.15, 0.2) is 0 Å². The third kappa shape index (κ3) is 6.57. The zero-order valence-electron chi connectivity index (χ0n) is 10.4. The van der Waals surface area contributed by atoms with Crippen LogP contribution in [-0.4, -0.2) is 76.2 Å². The van der Waals surface area contributed by atoms with Crippen molar-refractivity contribution in [1.82, 2.24) is 14.5 Å². The second kappa shape index (κ2) is 7.53. The highest BCUT2D eigenvalue weighted by Gasteiger charge is 2.13. The van der Waals surface area contributed by atoms with Gasteiger partial charge < -0.3 is 9.80 Å². The van der Waals surface area contributed by atoms with Crippen LogP contribution in [0.3, 0.4) is 0 Å². The van der Waals surface area contributed by atoms with Crippen molar-refractivity contribution in [3.63, 3.8) is 0 Å². The number of hydrogen-bond donors (Lipinski definition) is 1. The lowest BCUT2D eigenvalue weighted by Gasteiger charge is -2.32. The van der Waals surface area contributed by atoms with Gasteiger partial charge in [-0.25, -0.2) is 13.1 Å². The number of nitrogens with one attached hydrogen (secondary N) is 1. The Balaban J connectivity index is 2.08. The molecule has 7 heteroatoms. The summed E-state index contributed by atoms with van der Waals surface area (Å²) in [5, 5.41) is 0. The largest absolute Gasteiger partial charge is 0.304 e. The van der Waals surface area contributed by atoms with E-state index >= 15 is 0 Å². The van der Waals surface area contributed by atoms with Gasteiger partial charge in [-0.15, -0.1) is 11.6 Å². The van der Waals surface area contributed by atoms with Crippen LogP contribution in [0, 0.1) is 0 Å². The molecule has 102 valence electrons. The van der Waals surface area contributed by atoms with Crippen molar-refractivity contribution in [1.29, 1.82) is 0 Å². The van der Waals surface area contributed by atoms with Gasteiger partial charge in [0, 0.05) is 38.6 Å². The van der Waals surface area contributed by atoms with E-state index in [4.69, 9.17) is 11.6 Å². The van der Waals surface area contributed by atoms with Gasteiger partial charge in [0.05, 0.1) is 5.75 Å². The Morgan fingerprint density at radius 2 is 1.88 bits per heavy atom. The molecule has 1 N–H and O–H groups in total. The standard InChI is InChI=1S/C10H22ClN3O2S/c1-13-6-8-14(9-7-13)5-2-4-12-17(15,16)10-3-11/h12H,2-10H2,1H3. The van der Waals surface area contributed by atoms with Crippen LogP contribution < -0.4 is 4.72 Å². The Morgan fingerprint density at radius 1 is 1.24 bits per heavy atom. The molecule has 0 spiro atoms. The summed E-state index contributed by atoms with van der Waals surface area (Å²) in [7, 11) is -1.03. The van der Waals surface area contributed by atoms with Crippen LogP contribution in [0.15, 0.2) is 0 Å². The van der Waals surface area contributed by atoms with Gasteiger partial charge in [-0.1, -0.05) is 0 Å². The highest BCUT2D eigenvalue weighted by Crippen LogP contribution is 1.99. The van der Waals surface area contributed by atoms with E-state index in [0.29, 0.717) is 6.54 Å². The van der Waals surface area contributed by atoms with E-state index in [1.54, 1.807) is 0 Å². The van der Waals surface area contributed by atoms with Crippen molar-refractivity contribution in [2.24, 2.45) is 0 Å². The minimum absolute atomic E-state index is 0.00304. The van der Waals surface area contributed by atoms with Crippen LogP contribution in [-0.2, 0) is 10.0 Å². The van der Waals surface area contributed by atoms with Crippen molar-refractivity contribution in [3.8, 4) is 0 Å². The lowest BCUT2D eigenvalue weighted by molar-refractivity contribution is 0.153. The highest BCUT2D eigenvalue weighted by atomic mass is 35.5. The summed E-state index contributed by atoms with van der Waals surface area (Å²) in [6, 6.07) is 0. The third-order valence-electron chi connectivity index (χ3n) is 2.91. The number of halogens is 1. The van der Waals surface area contributed by atoms with Crippen molar-refractivity contribution >= 4 is 21.6 Å². The van der Waals surface area contributed by atoms with Gasteiger partial charge in [-0.05, 0) is 20.0 Å². The molecule has 17 heavy (non-hydrogen) atoms. The minimum Gasteiger partial charge on any atom is -0.304 e. The maximum absolute atomic E-state index is 11.3. The molecule has 0 saturated carbocycles. The molecule has 0 atom stereocenters. The molecule has 0 aromatic rings. The van der Waals surface area contributed by atoms with Crippen LogP contribution in [0.25, 0.3) is 0 Å². The van der Waals surface area contributed by atoms with Gasteiger partial charge in [-0.2, -0.15) is 0 Å². The number of rotatable bonds is 7. The number of hydrogen-bond acceptors (Lipinski definition) is 4. The zero-order chi connectivity index (χ0) is 12.7. The first-order valence-corrected chi connectivity index (χ1v) is 8.16. The Labute approximate surface area is 109 Å². The van der Waals surface area contributed by atoms with Crippen LogP contribution in [0.5, 0.6) is 0 Å². The van der Waals surface area contributed by atoms with Crippen LogP contribution in [0.4, 0.5) is 0 Å². The van der Waals surface area contributed by atoms with Crippen LogP contribution >= 0.6 is 11.6 Å². The first kappa shape index (κ1) is 15.2. The number of alkyl halides is 1. The molecule has 0 amide bonds. The molecule has 1 saturated heterocycles. The van der Waals surface area contributed by atoms with Crippen molar-refractivity contribution in [2.75, 3.05) is 57.9 Å². The summed E-state index contributed by atoms with van der Waals surface area (Å²) in [6.45, 7) is 5.80. The molecule has 0 aliphatic carbocycles. The van der Waals surface area contributed by atoms with E-state index < -0.39 is 10.0 Å². The van der Waals surface area contributed by atoms with E-state index in [1.807, 2.05) is 0 Å². The normalized spacial score (nSPS) is 19.6. The summed E-state index contributed by atoms with van der Waals surface area (Å²) >= 11 is 5.40. The predicted molar refractivity (Wildman–Crippen MR) is 71.1 cm³/mol. The fourth-order valence-corrected chi connectivity index (χ4v) is 3.19. The predicted octanol–water partition coefficient (Wildman–Crippen LogP) is -0.218. The van der Waals surface area contributed by atoms with Gasteiger partial charge in [0.25, 0.3) is 0 Å². The Kier molecular flexibility index (Phi) is 6.72. The molecule has 0 aromatic heterocycles. The maximum Gasteiger partial charge on any atom is 0.212 e.